The number of nitrogens with zero attached hydrogens (tertiary/aromatic N) is 3. The lowest BCUT2D eigenvalue weighted by Crippen LogP contribution is -2.01. The lowest BCUT2D eigenvalue weighted by Gasteiger charge is -2.01. The van der Waals surface area contributed by atoms with Crippen molar-refractivity contribution in [3.05, 3.63) is 89.4 Å². The number of aromatic nitrogens is 3. The van der Waals surface area contributed by atoms with E-state index in [9.17, 15) is 10.1 Å². The van der Waals surface area contributed by atoms with E-state index < -0.39 is 0 Å². The SMILES string of the molecule is Cc1ccc2c(C(=O)/C(C#N)=C\c3cnc(-c4ccccc4)nc3)c[nH]c2c1. The average molecular weight is 364 g/mol. The van der Waals surface area contributed by atoms with Gasteiger partial charge in [0.05, 0.1) is 0 Å². The number of hydrogen-bond acceptors (Lipinski definition) is 4. The molecule has 0 spiro atoms. The van der Waals surface area contributed by atoms with Crippen molar-refractivity contribution >= 4 is 22.8 Å². The minimum atomic E-state index is -0.329. The van der Waals surface area contributed by atoms with Crippen molar-refractivity contribution in [1.82, 2.24) is 15.0 Å². The molecule has 2 aromatic heterocycles. The lowest BCUT2D eigenvalue weighted by atomic mass is 10.0. The molecule has 4 aromatic rings. The van der Waals surface area contributed by atoms with Crippen molar-refractivity contribution in [1.29, 1.82) is 5.26 Å². The Morgan fingerprint density at radius 1 is 1.11 bits per heavy atom. The monoisotopic (exact) mass is 364 g/mol. The third kappa shape index (κ3) is 3.31. The summed E-state index contributed by atoms with van der Waals surface area (Å²) in [5, 5.41) is 10.3. The van der Waals surface area contributed by atoms with Crippen molar-refractivity contribution < 1.29 is 4.79 Å². The zero-order chi connectivity index (χ0) is 19.5. The van der Waals surface area contributed by atoms with Crippen LogP contribution in [-0.2, 0) is 0 Å². The number of rotatable bonds is 4. The second-order valence-corrected chi connectivity index (χ2v) is 6.46. The number of aryl methyl sites for hydroxylation is 1. The predicted molar refractivity (Wildman–Crippen MR) is 108 cm³/mol. The number of aromatic amines is 1. The first-order chi connectivity index (χ1) is 13.7. The number of hydrogen-bond donors (Lipinski definition) is 1. The van der Waals surface area contributed by atoms with E-state index >= 15 is 0 Å². The van der Waals surface area contributed by atoms with E-state index in [2.05, 4.69) is 15.0 Å². The van der Waals surface area contributed by atoms with E-state index in [0.29, 0.717) is 17.0 Å². The zero-order valence-corrected chi connectivity index (χ0v) is 15.2. The number of Topliss-reactive ketones (excluding diaryl/α,β-unsaturated/α-hetero) is 1. The first-order valence-electron chi connectivity index (χ1n) is 8.77. The van der Waals surface area contributed by atoms with Gasteiger partial charge in [-0.05, 0) is 24.6 Å². The Balaban J connectivity index is 1.65. The van der Waals surface area contributed by atoms with E-state index in [4.69, 9.17) is 0 Å². The fourth-order valence-corrected chi connectivity index (χ4v) is 3.04. The highest BCUT2D eigenvalue weighted by atomic mass is 16.1. The highest BCUT2D eigenvalue weighted by Crippen LogP contribution is 2.23. The molecule has 0 unspecified atom stereocenters. The second-order valence-electron chi connectivity index (χ2n) is 6.46. The third-order valence-electron chi connectivity index (χ3n) is 4.46. The maximum absolute atomic E-state index is 12.9. The molecule has 1 N–H and O–H groups in total. The van der Waals surface area contributed by atoms with Crippen LogP contribution in [0.2, 0.25) is 0 Å². The molecule has 0 fully saturated rings. The maximum atomic E-state index is 12.9. The number of allylic oxidation sites excluding steroid dienone is 1. The Labute approximate surface area is 162 Å². The zero-order valence-electron chi connectivity index (χ0n) is 15.2. The predicted octanol–water partition coefficient (Wildman–Crippen LogP) is 4.72. The lowest BCUT2D eigenvalue weighted by molar-refractivity contribution is 0.104. The van der Waals surface area contributed by atoms with Gasteiger partial charge in [-0.2, -0.15) is 5.26 Å². The van der Waals surface area contributed by atoms with Crippen LogP contribution < -0.4 is 0 Å². The Bertz CT molecular complexity index is 1230. The summed E-state index contributed by atoms with van der Waals surface area (Å²) in [4.78, 5) is 24.6. The van der Waals surface area contributed by atoms with Crippen molar-refractivity contribution in [2.75, 3.05) is 0 Å². The molecule has 0 atom stereocenters. The molecule has 5 nitrogen and oxygen atoms in total. The summed E-state index contributed by atoms with van der Waals surface area (Å²) < 4.78 is 0. The molecule has 0 aliphatic rings. The number of ketones is 1. The first-order valence-corrected chi connectivity index (χ1v) is 8.77. The number of nitriles is 1. The van der Waals surface area contributed by atoms with Crippen LogP contribution in [0.3, 0.4) is 0 Å². The van der Waals surface area contributed by atoms with Crippen molar-refractivity contribution in [3.63, 3.8) is 0 Å². The first kappa shape index (κ1) is 17.4. The maximum Gasteiger partial charge on any atom is 0.205 e. The Morgan fingerprint density at radius 3 is 2.57 bits per heavy atom. The summed E-state index contributed by atoms with van der Waals surface area (Å²) in [6, 6.07) is 17.4. The Hall–Kier alpha value is -4.04. The van der Waals surface area contributed by atoms with Crippen LogP contribution in [0.1, 0.15) is 21.5 Å². The van der Waals surface area contributed by atoms with Crippen LogP contribution in [0.4, 0.5) is 0 Å². The van der Waals surface area contributed by atoms with Crippen LogP contribution in [0, 0.1) is 18.3 Å². The fraction of sp³-hybridized carbons (Fsp3) is 0.0435. The molecule has 5 heteroatoms. The molecule has 0 radical (unpaired) electrons. The van der Waals surface area contributed by atoms with E-state index in [1.165, 1.54) is 6.08 Å². The summed E-state index contributed by atoms with van der Waals surface area (Å²) in [7, 11) is 0. The minimum absolute atomic E-state index is 0.0394. The van der Waals surface area contributed by atoms with E-state index in [0.717, 1.165) is 22.0 Å². The Kier molecular flexibility index (Phi) is 4.53. The van der Waals surface area contributed by atoms with Crippen molar-refractivity contribution in [2.24, 2.45) is 0 Å². The summed E-state index contributed by atoms with van der Waals surface area (Å²) in [5.74, 6) is 0.263. The van der Waals surface area contributed by atoms with Crippen LogP contribution >= 0.6 is 0 Å². The number of benzene rings is 2. The van der Waals surface area contributed by atoms with Crippen LogP contribution in [0.15, 0.2) is 72.7 Å². The highest BCUT2D eigenvalue weighted by molar-refractivity contribution is 6.19. The van der Waals surface area contributed by atoms with Gasteiger partial charge in [0.25, 0.3) is 0 Å². The summed E-state index contributed by atoms with van der Waals surface area (Å²) in [6.07, 6.45) is 6.38. The van der Waals surface area contributed by atoms with Gasteiger partial charge in [-0.15, -0.1) is 0 Å². The molecule has 0 bridgehead atoms. The van der Waals surface area contributed by atoms with Gasteiger partial charge in [0.15, 0.2) is 5.82 Å². The number of H-pyrrole nitrogens is 1. The molecule has 0 saturated heterocycles. The molecular weight excluding hydrogens is 348 g/mol. The van der Waals surface area contributed by atoms with Crippen LogP contribution in [0.5, 0.6) is 0 Å². The highest BCUT2D eigenvalue weighted by Gasteiger charge is 2.17. The van der Waals surface area contributed by atoms with Gasteiger partial charge in [-0.3, -0.25) is 4.79 Å². The van der Waals surface area contributed by atoms with Gasteiger partial charge in [-0.25, -0.2) is 9.97 Å². The van der Waals surface area contributed by atoms with Gasteiger partial charge in [0.1, 0.15) is 11.6 Å². The van der Waals surface area contributed by atoms with Crippen molar-refractivity contribution in [3.8, 4) is 17.5 Å². The molecule has 0 aliphatic carbocycles. The molecule has 0 saturated carbocycles. The van der Waals surface area contributed by atoms with E-state index in [1.54, 1.807) is 18.6 Å². The molecule has 2 aromatic carbocycles. The minimum Gasteiger partial charge on any atom is -0.360 e. The van der Waals surface area contributed by atoms with E-state index in [1.807, 2.05) is 61.5 Å². The normalized spacial score (nSPS) is 11.4. The summed E-state index contributed by atoms with van der Waals surface area (Å²) in [5.41, 5.74) is 3.99. The second kappa shape index (κ2) is 7.29. The number of fused-ring (bicyclic) bond motifs is 1. The van der Waals surface area contributed by atoms with Gasteiger partial charge in [0.2, 0.25) is 5.78 Å². The average Bonchev–Trinajstić information content (AvgIpc) is 3.15. The molecule has 2 heterocycles. The fourth-order valence-electron chi connectivity index (χ4n) is 3.04. The molecule has 28 heavy (non-hydrogen) atoms. The number of carbonyl (C=O) groups is 1. The largest absolute Gasteiger partial charge is 0.360 e. The van der Waals surface area contributed by atoms with Crippen LogP contribution in [0.25, 0.3) is 28.4 Å². The Morgan fingerprint density at radius 2 is 1.86 bits per heavy atom. The smallest absolute Gasteiger partial charge is 0.205 e. The van der Waals surface area contributed by atoms with Gasteiger partial charge in [-0.1, -0.05) is 42.5 Å². The summed E-state index contributed by atoms with van der Waals surface area (Å²) >= 11 is 0. The van der Waals surface area contributed by atoms with Gasteiger partial charge < -0.3 is 4.98 Å². The molecule has 0 amide bonds. The molecule has 0 aliphatic heterocycles. The third-order valence-corrected chi connectivity index (χ3v) is 4.46. The van der Waals surface area contributed by atoms with Gasteiger partial charge in [0, 0.05) is 46.2 Å². The van der Waals surface area contributed by atoms with E-state index in [-0.39, 0.29) is 11.4 Å². The van der Waals surface area contributed by atoms with Crippen LogP contribution in [-0.4, -0.2) is 20.7 Å². The molecule has 134 valence electrons. The topological polar surface area (TPSA) is 82.4 Å². The van der Waals surface area contributed by atoms with Gasteiger partial charge >= 0.3 is 0 Å². The summed E-state index contributed by atoms with van der Waals surface area (Å²) in [6.45, 7) is 1.99. The number of carbonyl (C=O) groups excluding carboxylic acids is 1. The van der Waals surface area contributed by atoms with Crippen molar-refractivity contribution in [2.45, 2.75) is 6.92 Å². The molecule has 4 rings (SSSR count). The standard InChI is InChI=1S/C23H16N4O/c1-15-7-8-19-20(14-25-21(19)9-15)22(28)18(11-24)10-16-12-26-23(27-13-16)17-5-3-2-4-6-17/h2-10,12-14,25H,1H3/b18-10-. The molecular formula is C23H16N4O. The quantitative estimate of drug-likeness (QED) is 0.323. The number of nitrogens with one attached hydrogen (secondary N) is 1.